The van der Waals surface area contributed by atoms with E-state index in [4.69, 9.17) is 10.2 Å². The van der Waals surface area contributed by atoms with E-state index in [1.807, 2.05) is 0 Å². The maximum atomic E-state index is 13.6. The first-order valence-corrected chi connectivity index (χ1v) is 4.56. The highest BCUT2D eigenvalue weighted by atomic mass is 19.1. The number of halogens is 2. The highest BCUT2D eigenvalue weighted by Crippen LogP contribution is 2.31. The van der Waals surface area contributed by atoms with Crippen molar-refractivity contribution in [2.24, 2.45) is 5.73 Å². The zero-order chi connectivity index (χ0) is 11.2. The van der Waals surface area contributed by atoms with Crippen LogP contribution in [-0.4, -0.2) is 0 Å². The lowest BCUT2D eigenvalue weighted by atomic mass is 9.93. The minimum absolute atomic E-state index is 0.181. The summed E-state index contributed by atoms with van der Waals surface area (Å²) in [7, 11) is 0. The van der Waals surface area contributed by atoms with Crippen molar-refractivity contribution in [1.29, 1.82) is 0 Å². The molecule has 0 spiro atoms. The highest BCUT2D eigenvalue weighted by Gasteiger charge is 2.25. The van der Waals surface area contributed by atoms with Gasteiger partial charge in [-0.3, -0.25) is 0 Å². The number of nitrogens with two attached hydrogens (primary N) is 1. The van der Waals surface area contributed by atoms with E-state index >= 15 is 0 Å². The molecule has 0 saturated carbocycles. The van der Waals surface area contributed by atoms with Crippen LogP contribution in [0.4, 0.5) is 8.78 Å². The average Bonchev–Trinajstić information content (AvgIpc) is 2.49. The third kappa shape index (κ3) is 1.51. The zero-order valence-electron chi connectivity index (χ0n) is 8.47. The Labute approximate surface area is 85.7 Å². The summed E-state index contributed by atoms with van der Waals surface area (Å²) < 4.78 is 32.0. The van der Waals surface area contributed by atoms with Crippen LogP contribution in [0, 0.1) is 11.6 Å². The Morgan fingerprint density at radius 3 is 2.53 bits per heavy atom. The fourth-order valence-corrected chi connectivity index (χ4v) is 1.66. The van der Waals surface area contributed by atoms with Crippen LogP contribution >= 0.6 is 0 Å². The topological polar surface area (TPSA) is 39.2 Å². The van der Waals surface area contributed by atoms with Crippen LogP contribution in [0.3, 0.4) is 0 Å². The quantitative estimate of drug-likeness (QED) is 0.787. The third-order valence-electron chi connectivity index (χ3n) is 2.29. The largest absolute Gasteiger partial charge is 0.464 e. The van der Waals surface area contributed by atoms with E-state index in [-0.39, 0.29) is 16.5 Å². The second-order valence-corrected chi connectivity index (χ2v) is 4.10. The van der Waals surface area contributed by atoms with Gasteiger partial charge in [0.15, 0.2) is 0 Å². The minimum Gasteiger partial charge on any atom is -0.464 e. The van der Waals surface area contributed by atoms with E-state index in [0.29, 0.717) is 0 Å². The van der Waals surface area contributed by atoms with Crippen molar-refractivity contribution in [2.45, 2.75) is 19.4 Å². The third-order valence-corrected chi connectivity index (χ3v) is 2.29. The maximum absolute atomic E-state index is 13.6. The molecule has 2 rings (SSSR count). The summed E-state index contributed by atoms with van der Waals surface area (Å²) in [5.74, 6) is -1.31. The van der Waals surface area contributed by atoms with Gasteiger partial charge in [0.05, 0.1) is 17.2 Å². The van der Waals surface area contributed by atoms with Crippen LogP contribution in [0.5, 0.6) is 0 Å². The summed E-state index contributed by atoms with van der Waals surface area (Å²) in [4.78, 5) is 0. The molecule has 0 bridgehead atoms. The van der Waals surface area contributed by atoms with Crippen molar-refractivity contribution >= 4 is 11.0 Å². The van der Waals surface area contributed by atoms with Crippen molar-refractivity contribution in [1.82, 2.24) is 0 Å². The monoisotopic (exact) mass is 211 g/mol. The summed E-state index contributed by atoms with van der Waals surface area (Å²) in [6.45, 7) is 3.29. The van der Waals surface area contributed by atoms with Gasteiger partial charge in [0.2, 0.25) is 0 Å². The molecule has 2 aromatic rings. The molecular weight excluding hydrogens is 200 g/mol. The van der Waals surface area contributed by atoms with E-state index in [0.717, 1.165) is 6.07 Å². The van der Waals surface area contributed by atoms with Crippen molar-refractivity contribution < 1.29 is 13.2 Å². The van der Waals surface area contributed by atoms with Crippen LogP contribution in [0.15, 0.2) is 22.8 Å². The second-order valence-electron chi connectivity index (χ2n) is 4.10. The van der Waals surface area contributed by atoms with E-state index in [2.05, 4.69) is 0 Å². The van der Waals surface area contributed by atoms with Gasteiger partial charge >= 0.3 is 0 Å². The van der Waals surface area contributed by atoms with Crippen molar-refractivity contribution in [3.63, 3.8) is 0 Å². The number of benzene rings is 1. The molecule has 2 N–H and O–H groups in total. The summed E-state index contributed by atoms with van der Waals surface area (Å²) in [5, 5.41) is 0.255. The molecule has 0 unspecified atom stereocenters. The standard InChI is InChI=1S/C11H11F2NO/c1-11(2,14)9-8(13)5-7(12)6-3-4-15-10(6)9/h3-5H,14H2,1-2H3. The normalized spacial score (nSPS) is 12.3. The molecule has 1 aromatic carbocycles. The Balaban J connectivity index is 2.89. The van der Waals surface area contributed by atoms with Crippen LogP contribution in [0.25, 0.3) is 11.0 Å². The molecule has 0 aliphatic carbocycles. The van der Waals surface area contributed by atoms with E-state index in [9.17, 15) is 8.78 Å². The average molecular weight is 211 g/mol. The first kappa shape index (κ1) is 10.1. The van der Waals surface area contributed by atoms with Gasteiger partial charge in [-0.1, -0.05) is 0 Å². The van der Waals surface area contributed by atoms with Gasteiger partial charge in [0, 0.05) is 11.6 Å². The van der Waals surface area contributed by atoms with Crippen molar-refractivity contribution in [2.75, 3.05) is 0 Å². The predicted molar refractivity (Wildman–Crippen MR) is 53.3 cm³/mol. The van der Waals surface area contributed by atoms with Gasteiger partial charge in [0.25, 0.3) is 0 Å². The molecule has 0 fully saturated rings. The fourth-order valence-electron chi connectivity index (χ4n) is 1.66. The van der Waals surface area contributed by atoms with Crippen molar-refractivity contribution in [3.8, 4) is 0 Å². The molecule has 0 amide bonds. The lowest BCUT2D eigenvalue weighted by Gasteiger charge is -2.20. The fraction of sp³-hybridized carbons (Fsp3) is 0.273. The van der Waals surface area contributed by atoms with Gasteiger partial charge in [-0.25, -0.2) is 8.78 Å². The van der Waals surface area contributed by atoms with Gasteiger partial charge in [0.1, 0.15) is 17.2 Å². The van der Waals surface area contributed by atoms with Crippen LogP contribution < -0.4 is 5.73 Å². The van der Waals surface area contributed by atoms with E-state index in [1.165, 1.54) is 12.3 Å². The highest BCUT2D eigenvalue weighted by molar-refractivity contribution is 5.82. The smallest absolute Gasteiger partial charge is 0.144 e. The van der Waals surface area contributed by atoms with E-state index < -0.39 is 17.2 Å². The first-order chi connectivity index (χ1) is 6.91. The zero-order valence-corrected chi connectivity index (χ0v) is 8.47. The molecular formula is C11H11F2NO. The molecule has 0 aliphatic heterocycles. The van der Waals surface area contributed by atoms with E-state index in [1.54, 1.807) is 13.8 Å². The summed E-state index contributed by atoms with van der Waals surface area (Å²) >= 11 is 0. The molecule has 0 radical (unpaired) electrons. The molecule has 15 heavy (non-hydrogen) atoms. The Morgan fingerprint density at radius 2 is 1.93 bits per heavy atom. The molecule has 2 nitrogen and oxygen atoms in total. The van der Waals surface area contributed by atoms with Crippen molar-refractivity contribution in [3.05, 3.63) is 35.6 Å². The summed E-state index contributed by atoms with van der Waals surface area (Å²) in [6.07, 6.45) is 1.32. The molecule has 0 aliphatic rings. The van der Waals surface area contributed by atoms with Crippen LogP contribution in [-0.2, 0) is 5.54 Å². The minimum atomic E-state index is -0.909. The number of rotatable bonds is 1. The SMILES string of the molecule is CC(C)(N)c1c(F)cc(F)c2ccoc12. The predicted octanol–water partition coefficient (Wildman–Crippen LogP) is 2.90. The molecule has 0 atom stereocenters. The van der Waals surface area contributed by atoms with Gasteiger partial charge in [-0.15, -0.1) is 0 Å². The van der Waals surface area contributed by atoms with Gasteiger partial charge in [-0.2, -0.15) is 0 Å². The van der Waals surface area contributed by atoms with Gasteiger partial charge in [-0.05, 0) is 19.9 Å². The maximum Gasteiger partial charge on any atom is 0.144 e. The second kappa shape index (κ2) is 3.03. The summed E-state index contributed by atoms with van der Waals surface area (Å²) in [5.41, 5.74) is 5.28. The molecule has 0 saturated heterocycles. The number of hydrogen-bond donors (Lipinski definition) is 1. The molecule has 4 heteroatoms. The summed E-state index contributed by atoms with van der Waals surface area (Å²) in [6, 6.07) is 2.29. The lowest BCUT2D eigenvalue weighted by Crippen LogP contribution is -2.30. The Hall–Kier alpha value is -1.42. The Kier molecular flexibility index (Phi) is 2.04. The van der Waals surface area contributed by atoms with Gasteiger partial charge < -0.3 is 10.2 Å². The van der Waals surface area contributed by atoms with Crippen LogP contribution in [0.2, 0.25) is 0 Å². The number of furan rings is 1. The first-order valence-electron chi connectivity index (χ1n) is 4.56. The lowest BCUT2D eigenvalue weighted by molar-refractivity contribution is 0.485. The molecule has 1 heterocycles. The molecule has 80 valence electrons. The molecule has 1 aromatic heterocycles. The number of fused-ring (bicyclic) bond motifs is 1. The Bertz CT molecular complexity index is 511. The Morgan fingerprint density at radius 1 is 1.27 bits per heavy atom. The number of hydrogen-bond acceptors (Lipinski definition) is 2. The van der Waals surface area contributed by atoms with Crippen LogP contribution in [0.1, 0.15) is 19.4 Å².